The van der Waals surface area contributed by atoms with Gasteiger partial charge in [-0.05, 0) is 18.4 Å². The predicted octanol–water partition coefficient (Wildman–Crippen LogP) is 3.07. The van der Waals surface area contributed by atoms with Gasteiger partial charge < -0.3 is 0 Å². The molecule has 2 aliphatic carbocycles. The first-order valence-corrected chi connectivity index (χ1v) is 5.92. The van der Waals surface area contributed by atoms with Gasteiger partial charge in [-0.25, -0.2) is 0 Å². The average molecular weight is 251 g/mol. The molecule has 1 unspecified atom stereocenters. The van der Waals surface area contributed by atoms with Gasteiger partial charge >= 0.3 is 0 Å². The van der Waals surface area contributed by atoms with Crippen molar-refractivity contribution < 1.29 is 4.79 Å². The Kier molecular flexibility index (Phi) is 1.67. The third-order valence-electron chi connectivity index (χ3n) is 3.52. The van der Waals surface area contributed by atoms with E-state index in [0.29, 0.717) is 22.4 Å². The van der Waals surface area contributed by atoms with Crippen LogP contribution in [0.15, 0.2) is 24.3 Å². The first-order chi connectivity index (χ1) is 6.74. The summed E-state index contributed by atoms with van der Waals surface area (Å²) in [4.78, 5) is 12.1. The second kappa shape index (κ2) is 2.69. The minimum absolute atomic E-state index is 0.292. The fourth-order valence-corrected chi connectivity index (χ4v) is 3.51. The molecular formula is C12H11BrO. The number of hydrogen-bond donors (Lipinski definition) is 0. The third-order valence-corrected chi connectivity index (χ3v) is 4.72. The lowest BCUT2D eigenvalue weighted by Gasteiger charge is -2.29. The van der Waals surface area contributed by atoms with E-state index in [1.54, 1.807) is 0 Å². The van der Waals surface area contributed by atoms with Gasteiger partial charge in [-0.15, -0.1) is 0 Å². The molecule has 0 bridgehead atoms. The lowest BCUT2D eigenvalue weighted by atomic mass is 9.79. The van der Waals surface area contributed by atoms with Crippen LogP contribution in [0.1, 0.15) is 35.2 Å². The summed E-state index contributed by atoms with van der Waals surface area (Å²) in [6, 6.07) is 8.09. The molecule has 0 radical (unpaired) electrons. The number of fused-ring (bicyclic) bond motifs is 2. The van der Waals surface area contributed by atoms with Crippen molar-refractivity contribution in [3.63, 3.8) is 0 Å². The standard InChI is InChI=1S/C12H11BrO/c13-11-7-10(14)8-3-1-2-4-9(8)12(11)5-6-12/h1-4,11H,5-7H2. The van der Waals surface area contributed by atoms with Crippen molar-refractivity contribution in [1.82, 2.24) is 0 Å². The van der Waals surface area contributed by atoms with Crippen molar-refractivity contribution in [2.45, 2.75) is 29.5 Å². The summed E-state index contributed by atoms with van der Waals surface area (Å²) < 4.78 is 0. The Balaban J connectivity index is 2.22. The Labute approximate surface area is 91.6 Å². The molecule has 2 heteroatoms. The number of ketones is 1. The minimum Gasteiger partial charge on any atom is -0.294 e. The normalized spacial score (nSPS) is 27.5. The fraction of sp³-hybridized carbons (Fsp3) is 0.417. The predicted molar refractivity (Wildman–Crippen MR) is 59.0 cm³/mol. The van der Waals surface area contributed by atoms with E-state index in [2.05, 4.69) is 22.0 Å². The van der Waals surface area contributed by atoms with E-state index in [4.69, 9.17) is 0 Å². The van der Waals surface area contributed by atoms with Crippen molar-refractivity contribution >= 4 is 21.7 Å². The zero-order valence-electron chi connectivity index (χ0n) is 7.79. The maximum Gasteiger partial charge on any atom is 0.164 e. The van der Waals surface area contributed by atoms with E-state index < -0.39 is 0 Å². The molecule has 1 atom stereocenters. The zero-order chi connectivity index (χ0) is 9.76. The molecule has 1 fully saturated rings. The summed E-state index contributed by atoms with van der Waals surface area (Å²) in [6.45, 7) is 0. The van der Waals surface area contributed by atoms with Gasteiger partial charge in [0.1, 0.15) is 0 Å². The number of carbonyl (C=O) groups is 1. The first kappa shape index (κ1) is 8.66. The van der Waals surface area contributed by atoms with E-state index in [1.807, 2.05) is 18.2 Å². The first-order valence-electron chi connectivity index (χ1n) is 5.01. The summed E-state index contributed by atoms with van der Waals surface area (Å²) in [6.07, 6.45) is 3.12. The SMILES string of the molecule is O=C1CC(Br)C2(CC2)c2ccccc21. The van der Waals surface area contributed by atoms with Gasteiger partial charge in [-0.2, -0.15) is 0 Å². The molecule has 14 heavy (non-hydrogen) atoms. The number of alkyl halides is 1. The topological polar surface area (TPSA) is 17.1 Å². The largest absolute Gasteiger partial charge is 0.294 e. The van der Waals surface area contributed by atoms with Crippen LogP contribution in [0.4, 0.5) is 0 Å². The molecular weight excluding hydrogens is 240 g/mol. The molecule has 72 valence electrons. The van der Waals surface area contributed by atoms with Crippen molar-refractivity contribution in [3.05, 3.63) is 35.4 Å². The highest BCUT2D eigenvalue weighted by molar-refractivity contribution is 9.09. The molecule has 0 heterocycles. The van der Waals surface area contributed by atoms with Gasteiger partial charge in [0.2, 0.25) is 0 Å². The molecule has 0 aromatic heterocycles. The van der Waals surface area contributed by atoms with Crippen LogP contribution in [0.2, 0.25) is 0 Å². The fourth-order valence-electron chi connectivity index (χ4n) is 2.51. The van der Waals surface area contributed by atoms with Gasteiger partial charge in [0.05, 0.1) is 0 Å². The molecule has 1 nitrogen and oxygen atoms in total. The highest BCUT2D eigenvalue weighted by Gasteiger charge is 2.53. The molecule has 0 N–H and O–H groups in total. The highest BCUT2D eigenvalue weighted by Crippen LogP contribution is 2.57. The van der Waals surface area contributed by atoms with Crippen LogP contribution < -0.4 is 0 Å². The van der Waals surface area contributed by atoms with Crippen LogP contribution in [-0.2, 0) is 5.41 Å². The maximum atomic E-state index is 11.8. The highest BCUT2D eigenvalue weighted by atomic mass is 79.9. The van der Waals surface area contributed by atoms with Gasteiger partial charge in [0, 0.05) is 22.2 Å². The lowest BCUT2D eigenvalue weighted by molar-refractivity contribution is 0.0968. The molecule has 0 aliphatic heterocycles. The Morgan fingerprint density at radius 1 is 1.29 bits per heavy atom. The molecule has 1 saturated carbocycles. The molecule has 1 aromatic rings. The molecule has 1 spiro atoms. The zero-order valence-corrected chi connectivity index (χ0v) is 9.38. The monoisotopic (exact) mass is 250 g/mol. The summed E-state index contributed by atoms with van der Waals surface area (Å²) in [7, 11) is 0. The number of halogens is 1. The summed E-state index contributed by atoms with van der Waals surface area (Å²) >= 11 is 3.66. The number of Topliss-reactive ketones (excluding diaryl/α,β-unsaturated/α-hetero) is 1. The Bertz CT molecular complexity index is 407. The molecule has 3 rings (SSSR count). The molecule has 0 amide bonds. The van der Waals surface area contributed by atoms with Crippen LogP contribution in [-0.4, -0.2) is 10.6 Å². The van der Waals surface area contributed by atoms with Crippen LogP contribution >= 0.6 is 15.9 Å². The third kappa shape index (κ3) is 0.977. The Morgan fingerprint density at radius 2 is 2.00 bits per heavy atom. The van der Waals surface area contributed by atoms with Gasteiger partial charge in [-0.3, -0.25) is 4.79 Å². The summed E-state index contributed by atoms with van der Waals surface area (Å²) in [5.41, 5.74) is 2.53. The second-order valence-electron chi connectivity index (χ2n) is 4.30. The van der Waals surface area contributed by atoms with Crippen molar-refractivity contribution in [2.24, 2.45) is 0 Å². The molecule has 0 saturated heterocycles. The number of rotatable bonds is 0. The average Bonchev–Trinajstić information content (AvgIpc) is 2.97. The minimum atomic E-state index is 0.292. The van der Waals surface area contributed by atoms with Crippen molar-refractivity contribution in [1.29, 1.82) is 0 Å². The number of carbonyl (C=O) groups excluding carboxylic acids is 1. The van der Waals surface area contributed by atoms with Crippen LogP contribution in [0.25, 0.3) is 0 Å². The number of hydrogen-bond acceptors (Lipinski definition) is 1. The summed E-state index contributed by atoms with van der Waals surface area (Å²) in [5.74, 6) is 0.292. The van der Waals surface area contributed by atoms with Crippen LogP contribution in [0.5, 0.6) is 0 Å². The van der Waals surface area contributed by atoms with E-state index in [-0.39, 0.29) is 0 Å². The van der Waals surface area contributed by atoms with Crippen LogP contribution in [0, 0.1) is 0 Å². The van der Waals surface area contributed by atoms with Gasteiger partial charge in [0.15, 0.2) is 5.78 Å². The quantitative estimate of drug-likeness (QED) is 0.647. The van der Waals surface area contributed by atoms with Gasteiger partial charge in [-0.1, -0.05) is 40.2 Å². The van der Waals surface area contributed by atoms with Crippen LogP contribution in [0.3, 0.4) is 0 Å². The van der Waals surface area contributed by atoms with Crippen molar-refractivity contribution in [2.75, 3.05) is 0 Å². The lowest BCUT2D eigenvalue weighted by Crippen LogP contribution is -2.31. The maximum absolute atomic E-state index is 11.8. The Morgan fingerprint density at radius 3 is 2.71 bits per heavy atom. The summed E-state index contributed by atoms with van der Waals surface area (Å²) in [5, 5.41) is 0. The van der Waals surface area contributed by atoms with E-state index in [9.17, 15) is 4.79 Å². The van der Waals surface area contributed by atoms with E-state index in [0.717, 1.165) is 5.56 Å². The van der Waals surface area contributed by atoms with E-state index >= 15 is 0 Å². The van der Waals surface area contributed by atoms with E-state index in [1.165, 1.54) is 18.4 Å². The van der Waals surface area contributed by atoms with Crippen molar-refractivity contribution in [3.8, 4) is 0 Å². The van der Waals surface area contributed by atoms with Gasteiger partial charge in [0.25, 0.3) is 0 Å². The smallest absolute Gasteiger partial charge is 0.164 e. The molecule has 2 aliphatic rings. The second-order valence-corrected chi connectivity index (χ2v) is 5.40. The molecule has 1 aromatic carbocycles. The number of benzene rings is 1. The Hall–Kier alpha value is -0.630.